The van der Waals surface area contributed by atoms with Gasteiger partial charge in [-0.3, -0.25) is 34.7 Å². The molecule has 0 aromatic carbocycles. The van der Waals surface area contributed by atoms with Crippen molar-refractivity contribution < 1.29 is 33.4 Å². The van der Waals surface area contributed by atoms with E-state index in [0.29, 0.717) is 6.61 Å². The van der Waals surface area contributed by atoms with Crippen LogP contribution in [-0.4, -0.2) is 82.3 Å². The molecular formula is C27H36N8O8S. The maximum Gasteiger partial charge on any atom is 0.413 e. The van der Waals surface area contributed by atoms with Crippen LogP contribution in [-0.2, 0) is 19.1 Å². The molecular weight excluding hydrogens is 596 g/mol. The molecule has 7 N–H and O–H groups in total. The quantitative estimate of drug-likeness (QED) is 0.0931. The monoisotopic (exact) mass is 632 g/mol. The van der Waals surface area contributed by atoms with Crippen LogP contribution in [0, 0.1) is 5.41 Å². The number of amides is 5. The van der Waals surface area contributed by atoms with Gasteiger partial charge >= 0.3 is 6.09 Å². The van der Waals surface area contributed by atoms with Crippen molar-refractivity contribution >= 4 is 51.9 Å². The highest BCUT2D eigenvalue weighted by Gasteiger charge is 2.41. The summed E-state index contributed by atoms with van der Waals surface area (Å²) >= 11 is 0.987. The molecule has 2 aromatic heterocycles. The van der Waals surface area contributed by atoms with Gasteiger partial charge in [-0.1, -0.05) is 13.3 Å². The first kappa shape index (κ1) is 33.7. The maximum atomic E-state index is 12.6. The van der Waals surface area contributed by atoms with E-state index in [1.807, 2.05) is 6.92 Å². The molecule has 0 bridgehead atoms. The van der Waals surface area contributed by atoms with Gasteiger partial charge in [0.15, 0.2) is 10.9 Å². The number of rotatable bonds is 13. The number of thiazole rings is 1. The van der Waals surface area contributed by atoms with Gasteiger partial charge in [-0.25, -0.2) is 9.78 Å². The number of carbonyl (C=O) groups is 5. The molecule has 44 heavy (non-hydrogen) atoms. The van der Waals surface area contributed by atoms with Crippen LogP contribution in [0.15, 0.2) is 22.4 Å². The number of anilines is 1. The fourth-order valence-electron chi connectivity index (χ4n) is 3.68. The third kappa shape index (κ3) is 9.35. The van der Waals surface area contributed by atoms with Crippen LogP contribution in [0.2, 0.25) is 0 Å². The Balaban J connectivity index is 1.47. The maximum absolute atomic E-state index is 12.6. The predicted molar refractivity (Wildman–Crippen MR) is 160 cm³/mol. The first-order chi connectivity index (χ1) is 20.7. The number of hydrogen-bond acceptors (Lipinski definition) is 11. The van der Waals surface area contributed by atoms with Crippen LogP contribution in [0.3, 0.4) is 0 Å². The van der Waals surface area contributed by atoms with Gasteiger partial charge in [-0.15, -0.1) is 11.3 Å². The number of hydrogen-bond donors (Lipinski definition) is 7. The molecule has 1 saturated heterocycles. The minimum atomic E-state index is -1.03. The molecule has 0 unspecified atom stereocenters. The Kier molecular flexibility index (Phi) is 11.2. The van der Waals surface area contributed by atoms with E-state index in [-0.39, 0.29) is 28.8 Å². The summed E-state index contributed by atoms with van der Waals surface area (Å²) in [5.74, 6) is -2.56. The van der Waals surface area contributed by atoms with E-state index in [1.54, 1.807) is 20.8 Å². The number of ether oxygens (including phenoxy) is 2. The first-order valence-corrected chi connectivity index (χ1v) is 14.7. The van der Waals surface area contributed by atoms with E-state index in [1.165, 1.54) is 18.5 Å². The second kappa shape index (κ2) is 14.6. The van der Waals surface area contributed by atoms with Gasteiger partial charge in [0, 0.05) is 24.2 Å². The zero-order chi connectivity index (χ0) is 32.6. The standard InChI is InChI=1S/C27H36N8O8S/c1-6-7-8-42-18-11-29-14(9-17(18)36)22(38)31-13(2)21(37)30-10-15-20(24(40)32-15)34-23(39)19(28)16-12-44-25(33-16)35-26(41)43-27(3,4)5/h9,11-13,15,20,28H,6-8,10H2,1-5H3,(H,29,36)(H,30,37)(H,31,38)(H,32,40)(H,34,39)(H,33,35,41)/t13-,15+,20-/m0/s1. The number of pyridine rings is 1. The average molecular weight is 633 g/mol. The minimum Gasteiger partial charge on any atom is -0.488 e. The first-order valence-electron chi connectivity index (χ1n) is 13.8. The number of β-lactam (4-membered cyclic amide) rings is 1. The molecule has 1 fully saturated rings. The molecule has 3 heterocycles. The largest absolute Gasteiger partial charge is 0.488 e. The number of nitrogens with zero attached hydrogens (tertiary/aromatic N) is 1. The van der Waals surface area contributed by atoms with Gasteiger partial charge in [-0.2, -0.15) is 0 Å². The molecule has 5 amide bonds. The SMILES string of the molecule is CCCCOc1c[nH]c(C(=O)N[C@@H](C)C(=O)NC[C@H]2NC(=O)[C@H]2NC(=O)C(=N)c2csc(NC(=O)OC(C)(C)C)n2)cc1=O. The third-order valence-electron chi connectivity index (χ3n) is 6.01. The van der Waals surface area contributed by atoms with Crippen LogP contribution >= 0.6 is 11.3 Å². The highest BCUT2D eigenvalue weighted by atomic mass is 32.1. The number of aromatic nitrogens is 2. The summed E-state index contributed by atoms with van der Waals surface area (Å²) in [4.78, 5) is 80.7. The van der Waals surface area contributed by atoms with Crippen molar-refractivity contribution in [2.75, 3.05) is 18.5 Å². The van der Waals surface area contributed by atoms with Gasteiger partial charge < -0.3 is 35.7 Å². The molecule has 3 atom stereocenters. The van der Waals surface area contributed by atoms with Crippen LogP contribution < -0.4 is 36.7 Å². The fourth-order valence-corrected chi connectivity index (χ4v) is 4.36. The fraction of sp³-hybridized carbons (Fsp3) is 0.481. The molecule has 17 heteroatoms. The van der Waals surface area contributed by atoms with E-state index < -0.39 is 64.6 Å². The number of carbonyl (C=O) groups excluding carboxylic acids is 5. The van der Waals surface area contributed by atoms with Crippen molar-refractivity contribution in [2.45, 2.75) is 71.2 Å². The van der Waals surface area contributed by atoms with Crippen LogP contribution in [0.25, 0.3) is 0 Å². The predicted octanol–water partition coefficient (Wildman–Crippen LogP) is 0.643. The lowest BCUT2D eigenvalue weighted by molar-refractivity contribution is -0.135. The normalized spacial score (nSPS) is 16.4. The van der Waals surface area contributed by atoms with Crippen LogP contribution in [0.1, 0.15) is 63.6 Å². The number of aromatic amines is 1. The lowest BCUT2D eigenvalue weighted by Gasteiger charge is -2.37. The molecule has 2 aromatic rings. The molecule has 0 saturated carbocycles. The van der Waals surface area contributed by atoms with Gasteiger partial charge in [0.25, 0.3) is 11.8 Å². The molecule has 3 rings (SSSR count). The van der Waals surface area contributed by atoms with E-state index in [2.05, 4.69) is 36.6 Å². The second-order valence-corrected chi connectivity index (χ2v) is 11.7. The van der Waals surface area contributed by atoms with Gasteiger partial charge in [-0.05, 0) is 34.1 Å². The van der Waals surface area contributed by atoms with E-state index in [0.717, 1.165) is 30.2 Å². The lowest BCUT2D eigenvalue weighted by Crippen LogP contribution is -2.72. The highest BCUT2D eigenvalue weighted by molar-refractivity contribution is 7.14. The van der Waals surface area contributed by atoms with E-state index in [4.69, 9.17) is 14.9 Å². The molecule has 0 aliphatic carbocycles. The average Bonchev–Trinajstić information content (AvgIpc) is 3.41. The van der Waals surface area contributed by atoms with E-state index in [9.17, 15) is 28.8 Å². The number of H-pyrrole nitrogens is 1. The van der Waals surface area contributed by atoms with E-state index >= 15 is 0 Å². The zero-order valence-electron chi connectivity index (χ0n) is 24.9. The summed E-state index contributed by atoms with van der Waals surface area (Å²) in [6.07, 6.45) is 2.23. The molecule has 1 aliphatic heterocycles. The summed E-state index contributed by atoms with van der Waals surface area (Å²) in [6.45, 7) is 8.81. The van der Waals surface area contributed by atoms with Gasteiger partial charge in [0.05, 0.1) is 12.6 Å². The molecule has 238 valence electrons. The number of unbranched alkanes of at least 4 members (excludes halogenated alkanes) is 1. The molecule has 0 radical (unpaired) electrons. The smallest absolute Gasteiger partial charge is 0.413 e. The molecule has 16 nitrogen and oxygen atoms in total. The summed E-state index contributed by atoms with van der Waals surface area (Å²) in [7, 11) is 0. The topological polar surface area (TPSA) is 234 Å². The summed E-state index contributed by atoms with van der Waals surface area (Å²) < 4.78 is 10.5. The third-order valence-corrected chi connectivity index (χ3v) is 6.77. The molecule has 1 aliphatic rings. The number of nitrogens with one attached hydrogen (secondary N) is 7. The lowest BCUT2D eigenvalue weighted by atomic mass is 9.98. The Hall–Kier alpha value is -4.80. The van der Waals surface area contributed by atoms with Crippen molar-refractivity contribution in [3.63, 3.8) is 0 Å². The van der Waals surface area contributed by atoms with Crippen molar-refractivity contribution in [2.24, 2.45) is 0 Å². The Labute approximate surface area is 256 Å². The highest BCUT2D eigenvalue weighted by Crippen LogP contribution is 2.18. The zero-order valence-corrected chi connectivity index (χ0v) is 25.7. The Morgan fingerprint density at radius 2 is 1.93 bits per heavy atom. The van der Waals surface area contributed by atoms with Gasteiger partial charge in [0.1, 0.15) is 34.8 Å². The summed E-state index contributed by atoms with van der Waals surface area (Å²) in [5.41, 5.74) is -1.80. The van der Waals surface area contributed by atoms with Crippen molar-refractivity contribution in [1.29, 1.82) is 5.41 Å². The second-order valence-electron chi connectivity index (χ2n) is 10.8. The van der Waals surface area contributed by atoms with Crippen molar-refractivity contribution in [1.82, 2.24) is 31.2 Å². The van der Waals surface area contributed by atoms with Crippen molar-refractivity contribution in [3.8, 4) is 5.75 Å². The summed E-state index contributed by atoms with van der Waals surface area (Å²) in [5, 5.41) is 22.1. The Morgan fingerprint density at radius 3 is 2.57 bits per heavy atom. The summed E-state index contributed by atoms with van der Waals surface area (Å²) in [6, 6.07) is -1.63. The molecule has 0 spiro atoms. The minimum absolute atomic E-state index is 0.0206. The van der Waals surface area contributed by atoms with Crippen LogP contribution in [0.4, 0.5) is 9.93 Å². The van der Waals surface area contributed by atoms with Gasteiger partial charge in [0.2, 0.25) is 17.2 Å². The van der Waals surface area contributed by atoms with Crippen molar-refractivity contribution in [3.05, 3.63) is 39.3 Å². The van der Waals surface area contributed by atoms with Crippen LogP contribution in [0.5, 0.6) is 5.75 Å². The Morgan fingerprint density at radius 1 is 1.20 bits per heavy atom. The Bertz CT molecular complexity index is 1480.